The third kappa shape index (κ3) is 6.27. The van der Waals surface area contributed by atoms with Gasteiger partial charge in [0.1, 0.15) is 5.54 Å². The number of hydrogen-bond donors (Lipinski definition) is 3. The van der Waals surface area contributed by atoms with Crippen molar-refractivity contribution >= 4 is 11.9 Å². The van der Waals surface area contributed by atoms with Crippen molar-refractivity contribution in [1.82, 2.24) is 0 Å². The standard InChI is InChI=1S/C9H17NO3.C8H8O3/c1-2-3-5-13-8(11)9(10)4-6-12-7-9;9-7(8(10)11)6-4-2-1-3-5-6/h2-7,10H2,1H3;1-5,7,9H,(H,10,11)/t9-;7-/m00/s1. The molecule has 24 heavy (non-hydrogen) atoms. The number of esters is 1. The highest BCUT2D eigenvalue weighted by molar-refractivity contribution is 5.81. The Hall–Kier alpha value is -1.96. The van der Waals surface area contributed by atoms with E-state index in [0.717, 1.165) is 12.8 Å². The van der Waals surface area contributed by atoms with Gasteiger partial charge in [0, 0.05) is 13.0 Å². The molecule has 4 N–H and O–H groups in total. The van der Waals surface area contributed by atoms with E-state index in [1.54, 1.807) is 30.3 Å². The smallest absolute Gasteiger partial charge is 0.337 e. The van der Waals surface area contributed by atoms with E-state index in [9.17, 15) is 9.59 Å². The van der Waals surface area contributed by atoms with Crippen LogP contribution in [0.5, 0.6) is 0 Å². The van der Waals surface area contributed by atoms with Crippen molar-refractivity contribution in [3.63, 3.8) is 0 Å². The third-order valence-electron chi connectivity index (χ3n) is 3.54. The minimum Gasteiger partial charge on any atom is -0.479 e. The van der Waals surface area contributed by atoms with Crippen LogP contribution < -0.4 is 5.73 Å². The molecule has 0 radical (unpaired) electrons. The number of unbranched alkanes of at least 4 members (excludes halogenated alkanes) is 1. The maximum Gasteiger partial charge on any atom is 0.337 e. The zero-order valence-electron chi connectivity index (χ0n) is 13.8. The molecule has 0 saturated carbocycles. The number of carboxylic acid groups (broad SMARTS) is 1. The van der Waals surface area contributed by atoms with Crippen molar-refractivity contribution in [3.8, 4) is 0 Å². The summed E-state index contributed by atoms with van der Waals surface area (Å²) in [5.41, 5.74) is 5.31. The van der Waals surface area contributed by atoms with Crippen LogP contribution in [0.1, 0.15) is 37.9 Å². The molecule has 1 aromatic rings. The van der Waals surface area contributed by atoms with Gasteiger partial charge in [-0.25, -0.2) is 9.59 Å². The Morgan fingerprint density at radius 3 is 2.54 bits per heavy atom. The molecule has 0 aromatic heterocycles. The summed E-state index contributed by atoms with van der Waals surface area (Å²) >= 11 is 0. The van der Waals surface area contributed by atoms with Crippen molar-refractivity contribution in [2.24, 2.45) is 5.73 Å². The van der Waals surface area contributed by atoms with E-state index in [4.69, 9.17) is 25.4 Å². The van der Waals surface area contributed by atoms with E-state index in [-0.39, 0.29) is 12.6 Å². The first-order valence-electron chi connectivity index (χ1n) is 7.90. The van der Waals surface area contributed by atoms with Crippen LogP contribution in [0.2, 0.25) is 0 Å². The lowest BCUT2D eigenvalue weighted by atomic mass is 10.0. The Kier molecular flexibility index (Phi) is 8.39. The maximum atomic E-state index is 11.4. The largest absolute Gasteiger partial charge is 0.479 e. The topological polar surface area (TPSA) is 119 Å². The number of ether oxygens (including phenoxy) is 2. The molecule has 0 aliphatic carbocycles. The fraction of sp³-hybridized carbons (Fsp3) is 0.529. The van der Waals surface area contributed by atoms with E-state index in [1.165, 1.54) is 0 Å². The van der Waals surface area contributed by atoms with Crippen LogP contribution in [0.25, 0.3) is 0 Å². The van der Waals surface area contributed by atoms with E-state index < -0.39 is 17.6 Å². The molecule has 2 atom stereocenters. The van der Waals surface area contributed by atoms with Crippen molar-refractivity contribution in [2.45, 2.75) is 37.8 Å². The summed E-state index contributed by atoms with van der Waals surface area (Å²) in [5, 5.41) is 17.4. The first-order valence-corrected chi connectivity index (χ1v) is 7.90. The molecule has 0 unspecified atom stereocenters. The molecule has 1 aromatic carbocycles. The number of carbonyl (C=O) groups is 2. The molecule has 1 saturated heterocycles. The molecular formula is C17H25NO6. The van der Waals surface area contributed by atoms with Gasteiger partial charge in [-0.1, -0.05) is 43.7 Å². The second-order valence-electron chi connectivity index (χ2n) is 5.60. The molecule has 1 aliphatic heterocycles. The number of aliphatic carboxylic acids is 1. The van der Waals surface area contributed by atoms with Gasteiger partial charge in [0.15, 0.2) is 6.10 Å². The molecule has 134 valence electrons. The SMILES string of the molecule is CCCCOC(=O)[C@]1(N)CCOC1.O=C(O)[C@@H](O)c1ccccc1. The van der Waals surface area contributed by atoms with Crippen molar-refractivity contribution in [3.05, 3.63) is 35.9 Å². The Balaban J connectivity index is 0.000000243. The highest BCUT2D eigenvalue weighted by Gasteiger charge is 2.39. The number of aliphatic hydroxyl groups is 1. The van der Waals surface area contributed by atoms with Crippen molar-refractivity contribution < 1.29 is 29.3 Å². The first-order chi connectivity index (χ1) is 11.4. The van der Waals surface area contributed by atoms with Crippen LogP contribution in [0, 0.1) is 0 Å². The highest BCUT2D eigenvalue weighted by Crippen LogP contribution is 2.17. The molecule has 1 aliphatic rings. The van der Waals surface area contributed by atoms with Gasteiger partial charge in [0.05, 0.1) is 13.2 Å². The molecular weight excluding hydrogens is 314 g/mol. The Labute approximate surface area is 141 Å². The van der Waals surface area contributed by atoms with E-state index in [0.29, 0.717) is 25.2 Å². The number of benzene rings is 1. The van der Waals surface area contributed by atoms with E-state index >= 15 is 0 Å². The molecule has 0 spiro atoms. The van der Waals surface area contributed by atoms with Crippen molar-refractivity contribution in [2.75, 3.05) is 19.8 Å². The lowest BCUT2D eigenvalue weighted by molar-refractivity contribution is -0.150. The molecule has 0 amide bonds. The second-order valence-corrected chi connectivity index (χ2v) is 5.60. The van der Waals surface area contributed by atoms with Gasteiger partial charge < -0.3 is 25.4 Å². The maximum absolute atomic E-state index is 11.4. The molecule has 7 nitrogen and oxygen atoms in total. The van der Waals surface area contributed by atoms with Gasteiger partial charge in [0.25, 0.3) is 0 Å². The van der Waals surface area contributed by atoms with Crippen LogP contribution in [0.3, 0.4) is 0 Å². The summed E-state index contributed by atoms with van der Waals surface area (Å²) in [7, 11) is 0. The van der Waals surface area contributed by atoms with Gasteiger partial charge in [-0.3, -0.25) is 0 Å². The minimum atomic E-state index is -1.41. The molecule has 7 heteroatoms. The Morgan fingerprint density at radius 2 is 2.04 bits per heavy atom. The summed E-state index contributed by atoms with van der Waals surface area (Å²) in [6, 6.07) is 8.26. The number of aliphatic hydroxyl groups excluding tert-OH is 1. The van der Waals surface area contributed by atoms with Gasteiger partial charge >= 0.3 is 11.9 Å². The minimum absolute atomic E-state index is 0.290. The second kappa shape index (κ2) is 10.0. The summed E-state index contributed by atoms with van der Waals surface area (Å²) in [6.07, 6.45) is 1.07. The molecule has 0 bridgehead atoms. The number of carbonyl (C=O) groups excluding carboxylic acids is 1. The number of nitrogens with two attached hydrogens (primary N) is 1. The van der Waals surface area contributed by atoms with Crippen LogP contribution in [-0.2, 0) is 19.1 Å². The summed E-state index contributed by atoms with van der Waals surface area (Å²) in [5.74, 6) is -1.55. The predicted molar refractivity (Wildman–Crippen MR) is 87.3 cm³/mol. The van der Waals surface area contributed by atoms with Crippen molar-refractivity contribution in [1.29, 1.82) is 0 Å². The number of carboxylic acids is 1. The quantitative estimate of drug-likeness (QED) is 0.527. The molecule has 1 fully saturated rings. The summed E-state index contributed by atoms with van der Waals surface area (Å²) in [6.45, 7) is 3.36. The summed E-state index contributed by atoms with van der Waals surface area (Å²) < 4.78 is 10.1. The monoisotopic (exact) mass is 339 g/mol. The predicted octanol–water partition coefficient (Wildman–Crippen LogP) is 1.25. The van der Waals surface area contributed by atoms with Gasteiger partial charge in [0.2, 0.25) is 0 Å². The van der Waals surface area contributed by atoms with E-state index in [2.05, 4.69) is 0 Å². The Morgan fingerprint density at radius 1 is 1.38 bits per heavy atom. The van der Waals surface area contributed by atoms with Crippen LogP contribution in [-0.4, -0.2) is 47.5 Å². The average molecular weight is 339 g/mol. The first kappa shape index (κ1) is 20.1. The fourth-order valence-corrected chi connectivity index (χ4v) is 1.97. The Bertz CT molecular complexity index is 513. The zero-order valence-corrected chi connectivity index (χ0v) is 13.8. The van der Waals surface area contributed by atoms with Crippen LogP contribution in [0.4, 0.5) is 0 Å². The van der Waals surface area contributed by atoms with Gasteiger partial charge in [-0.05, 0) is 12.0 Å². The van der Waals surface area contributed by atoms with Gasteiger partial charge in [-0.15, -0.1) is 0 Å². The van der Waals surface area contributed by atoms with Crippen LogP contribution >= 0.6 is 0 Å². The van der Waals surface area contributed by atoms with Gasteiger partial charge in [-0.2, -0.15) is 0 Å². The number of hydrogen-bond acceptors (Lipinski definition) is 6. The summed E-state index contributed by atoms with van der Waals surface area (Å²) in [4.78, 5) is 21.7. The zero-order chi connectivity index (χ0) is 18.0. The molecule has 1 heterocycles. The number of rotatable bonds is 6. The van der Waals surface area contributed by atoms with E-state index in [1.807, 2.05) is 6.92 Å². The molecule has 2 rings (SSSR count). The van der Waals surface area contributed by atoms with Crippen LogP contribution in [0.15, 0.2) is 30.3 Å². The fourth-order valence-electron chi connectivity index (χ4n) is 1.97. The lowest BCUT2D eigenvalue weighted by Crippen LogP contribution is -2.49. The third-order valence-corrected chi connectivity index (χ3v) is 3.54. The lowest BCUT2D eigenvalue weighted by Gasteiger charge is -2.19. The normalized spacial score (nSPS) is 20.6. The highest BCUT2D eigenvalue weighted by atomic mass is 16.5. The average Bonchev–Trinajstić information content (AvgIpc) is 3.03.